The number of anilines is 1. The average molecular weight is 239 g/mol. The molecule has 2 N–H and O–H groups in total. The van der Waals surface area contributed by atoms with Gasteiger partial charge in [-0.25, -0.2) is 14.4 Å². The highest BCUT2D eigenvalue weighted by molar-refractivity contribution is 5.23. The van der Waals surface area contributed by atoms with Crippen molar-refractivity contribution < 1.29 is 9.50 Å². The first-order chi connectivity index (χ1) is 8.07. The van der Waals surface area contributed by atoms with Crippen LogP contribution in [-0.2, 0) is 0 Å². The van der Waals surface area contributed by atoms with Crippen molar-refractivity contribution in [2.45, 2.75) is 38.2 Å². The molecule has 0 amide bonds. The predicted octanol–water partition coefficient (Wildman–Crippen LogP) is 1.97. The lowest BCUT2D eigenvalue weighted by molar-refractivity contribution is 0.00487. The number of aromatic nitrogens is 2. The molecule has 4 nitrogen and oxygen atoms in total. The number of hydrogen-bond donors (Lipinski definition) is 2. The van der Waals surface area contributed by atoms with Crippen molar-refractivity contribution in [3.05, 3.63) is 18.2 Å². The molecule has 1 heterocycles. The highest BCUT2D eigenvalue weighted by Gasteiger charge is 2.31. The topological polar surface area (TPSA) is 58.0 Å². The van der Waals surface area contributed by atoms with E-state index in [-0.39, 0.29) is 0 Å². The van der Waals surface area contributed by atoms with E-state index in [2.05, 4.69) is 22.2 Å². The molecule has 1 saturated carbocycles. The van der Waals surface area contributed by atoms with E-state index in [0.717, 1.165) is 38.1 Å². The Morgan fingerprint density at radius 2 is 2.00 bits per heavy atom. The number of aliphatic hydroxyl groups is 1. The Bertz CT molecular complexity index is 361. The molecule has 1 aliphatic rings. The van der Waals surface area contributed by atoms with Gasteiger partial charge in [0, 0.05) is 6.54 Å². The molecule has 0 unspecified atom stereocenters. The van der Waals surface area contributed by atoms with Gasteiger partial charge in [-0.2, -0.15) is 0 Å². The van der Waals surface area contributed by atoms with Gasteiger partial charge >= 0.3 is 0 Å². The number of hydrogen-bond acceptors (Lipinski definition) is 4. The Labute approximate surface area is 100 Å². The largest absolute Gasteiger partial charge is 0.388 e. The first-order valence-electron chi connectivity index (χ1n) is 6.01. The van der Waals surface area contributed by atoms with E-state index in [4.69, 9.17) is 0 Å². The zero-order chi connectivity index (χ0) is 12.3. The Hall–Kier alpha value is -1.23. The summed E-state index contributed by atoms with van der Waals surface area (Å²) >= 11 is 0. The molecule has 0 radical (unpaired) electrons. The fourth-order valence-electron chi connectivity index (χ4n) is 2.12. The maximum atomic E-state index is 12.6. The summed E-state index contributed by atoms with van der Waals surface area (Å²) in [7, 11) is 0. The predicted molar refractivity (Wildman–Crippen MR) is 63.1 cm³/mol. The van der Waals surface area contributed by atoms with E-state index in [1.807, 2.05) is 0 Å². The Morgan fingerprint density at radius 1 is 1.41 bits per heavy atom. The van der Waals surface area contributed by atoms with Gasteiger partial charge in [-0.3, -0.25) is 0 Å². The molecule has 1 aliphatic carbocycles. The summed E-state index contributed by atoms with van der Waals surface area (Å²) in [6, 6.07) is 0. The molecular weight excluding hydrogens is 221 g/mol. The van der Waals surface area contributed by atoms with E-state index in [1.165, 1.54) is 0 Å². The Balaban J connectivity index is 1.87. The van der Waals surface area contributed by atoms with Gasteiger partial charge in [0.2, 0.25) is 5.95 Å². The molecule has 0 aromatic carbocycles. The van der Waals surface area contributed by atoms with Gasteiger partial charge in [0.1, 0.15) is 0 Å². The summed E-state index contributed by atoms with van der Waals surface area (Å²) < 4.78 is 12.6. The first kappa shape index (κ1) is 12.2. The van der Waals surface area contributed by atoms with Crippen LogP contribution in [-0.4, -0.2) is 27.2 Å². The average Bonchev–Trinajstić information content (AvgIpc) is 2.33. The Kier molecular flexibility index (Phi) is 3.57. The van der Waals surface area contributed by atoms with Gasteiger partial charge in [0.15, 0.2) is 5.82 Å². The standard InChI is InChI=1S/C12H18FN3O/c1-9-2-4-12(17,5-3-9)8-16-11-14-6-10(13)7-15-11/h6-7,9,17H,2-5,8H2,1H3,(H,14,15,16). The normalized spacial score (nSPS) is 29.0. The van der Waals surface area contributed by atoms with Crippen molar-refractivity contribution in [2.24, 2.45) is 5.92 Å². The lowest BCUT2D eigenvalue weighted by atomic mass is 9.79. The van der Waals surface area contributed by atoms with Crippen molar-refractivity contribution in [3.8, 4) is 0 Å². The van der Waals surface area contributed by atoms with Crippen molar-refractivity contribution in [3.63, 3.8) is 0 Å². The molecule has 94 valence electrons. The van der Waals surface area contributed by atoms with Gasteiger partial charge in [0.25, 0.3) is 0 Å². The van der Waals surface area contributed by atoms with Gasteiger partial charge in [-0.05, 0) is 31.6 Å². The minimum absolute atomic E-state index is 0.360. The Morgan fingerprint density at radius 3 is 2.59 bits per heavy atom. The summed E-state index contributed by atoms with van der Waals surface area (Å²) in [6.07, 6.45) is 5.90. The number of nitrogens with zero attached hydrogens (tertiary/aromatic N) is 2. The molecule has 0 saturated heterocycles. The zero-order valence-corrected chi connectivity index (χ0v) is 9.99. The third-order valence-corrected chi connectivity index (χ3v) is 3.40. The lowest BCUT2D eigenvalue weighted by Crippen LogP contribution is -2.40. The third kappa shape index (κ3) is 3.36. The van der Waals surface area contributed by atoms with Crippen LogP contribution in [0.1, 0.15) is 32.6 Å². The van der Waals surface area contributed by atoms with Crippen molar-refractivity contribution >= 4 is 5.95 Å². The van der Waals surface area contributed by atoms with Gasteiger partial charge in [0.05, 0.1) is 18.0 Å². The summed E-state index contributed by atoms with van der Waals surface area (Å²) in [4.78, 5) is 7.60. The minimum atomic E-state index is -0.676. The van der Waals surface area contributed by atoms with Crippen LogP contribution in [0.2, 0.25) is 0 Å². The van der Waals surface area contributed by atoms with Crippen LogP contribution in [0, 0.1) is 11.7 Å². The van der Waals surface area contributed by atoms with Crippen LogP contribution in [0.5, 0.6) is 0 Å². The summed E-state index contributed by atoms with van der Waals surface area (Å²) in [5.41, 5.74) is -0.676. The fourth-order valence-corrected chi connectivity index (χ4v) is 2.12. The molecule has 1 aromatic rings. The van der Waals surface area contributed by atoms with Gasteiger partial charge in [-0.15, -0.1) is 0 Å². The maximum absolute atomic E-state index is 12.6. The second kappa shape index (κ2) is 4.96. The van der Waals surface area contributed by atoms with Crippen LogP contribution in [0.25, 0.3) is 0 Å². The zero-order valence-electron chi connectivity index (χ0n) is 9.99. The van der Waals surface area contributed by atoms with Crippen molar-refractivity contribution in [1.29, 1.82) is 0 Å². The molecule has 5 heteroatoms. The summed E-state index contributed by atoms with van der Waals surface area (Å²) in [5.74, 6) is 0.594. The van der Waals surface area contributed by atoms with Crippen LogP contribution < -0.4 is 5.32 Å². The molecule has 2 rings (SSSR count). The van der Waals surface area contributed by atoms with E-state index in [9.17, 15) is 9.50 Å². The first-order valence-corrected chi connectivity index (χ1v) is 6.01. The van der Waals surface area contributed by atoms with Gasteiger partial charge in [-0.1, -0.05) is 6.92 Å². The van der Waals surface area contributed by atoms with E-state index in [0.29, 0.717) is 18.4 Å². The van der Waals surface area contributed by atoms with Crippen molar-refractivity contribution in [2.75, 3.05) is 11.9 Å². The SMILES string of the molecule is CC1CCC(O)(CNc2ncc(F)cn2)CC1. The highest BCUT2D eigenvalue weighted by atomic mass is 19.1. The molecule has 0 atom stereocenters. The summed E-state index contributed by atoms with van der Waals surface area (Å²) in [5, 5.41) is 13.3. The second-order valence-electron chi connectivity index (χ2n) is 4.99. The molecule has 0 bridgehead atoms. The van der Waals surface area contributed by atoms with E-state index >= 15 is 0 Å². The number of nitrogens with one attached hydrogen (secondary N) is 1. The molecular formula is C12H18FN3O. The molecule has 0 aliphatic heterocycles. The smallest absolute Gasteiger partial charge is 0.222 e. The maximum Gasteiger partial charge on any atom is 0.222 e. The fraction of sp³-hybridized carbons (Fsp3) is 0.667. The second-order valence-corrected chi connectivity index (χ2v) is 4.99. The quantitative estimate of drug-likeness (QED) is 0.846. The highest BCUT2D eigenvalue weighted by Crippen LogP contribution is 2.31. The molecule has 0 spiro atoms. The number of halogens is 1. The summed E-state index contributed by atoms with van der Waals surface area (Å²) in [6.45, 7) is 2.63. The van der Waals surface area contributed by atoms with Crippen molar-refractivity contribution in [1.82, 2.24) is 9.97 Å². The molecule has 1 fully saturated rings. The van der Waals surface area contributed by atoms with Crippen LogP contribution in [0.15, 0.2) is 12.4 Å². The third-order valence-electron chi connectivity index (χ3n) is 3.40. The van der Waals surface area contributed by atoms with Gasteiger partial charge < -0.3 is 10.4 Å². The van der Waals surface area contributed by atoms with E-state index in [1.54, 1.807) is 0 Å². The van der Waals surface area contributed by atoms with Crippen LogP contribution in [0.3, 0.4) is 0 Å². The van der Waals surface area contributed by atoms with E-state index < -0.39 is 11.4 Å². The molecule has 1 aromatic heterocycles. The van der Waals surface area contributed by atoms with Crippen LogP contribution >= 0.6 is 0 Å². The lowest BCUT2D eigenvalue weighted by Gasteiger charge is -2.34. The number of rotatable bonds is 3. The molecule has 17 heavy (non-hydrogen) atoms. The monoisotopic (exact) mass is 239 g/mol. The minimum Gasteiger partial charge on any atom is -0.388 e. The van der Waals surface area contributed by atoms with Crippen LogP contribution in [0.4, 0.5) is 10.3 Å².